The monoisotopic (exact) mass is 278 g/mol. The van der Waals surface area contributed by atoms with Gasteiger partial charge < -0.3 is 0 Å². The molecule has 3 aromatic rings. The number of fused-ring (bicyclic) bond motifs is 1. The first-order valence-electron chi connectivity index (χ1n) is 5.52. The lowest BCUT2D eigenvalue weighted by molar-refractivity contribution is 0.574. The summed E-state index contributed by atoms with van der Waals surface area (Å²) < 4.78 is 28.4. The predicted molar refractivity (Wildman–Crippen MR) is 69.3 cm³/mol. The van der Waals surface area contributed by atoms with Gasteiger partial charge in [-0.3, -0.25) is 9.36 Å². The van der Waals surface area contributed by atoms with Crippen molar-refractivity contribution in [3.8, 4) is 0 Å². The quantitative estimate of drug-likeness (QED) is 0.722. The third-order valence-corrected chi connectivity index (χ3v) is 3.68. The molecule has 0 amide bonds. The van der Waals surface area contributed by atoms with Crippen LogP contribution in [0.25, 0.3) is 10.2 Å². The Labute approximate surface area is 110 Å². The number of nitrogens with zero attached hydrogens (tertiary/aromatic N) is 2. The van der Waals surface area contributed by atoms with Crippen LogP contribution in [-0.4, -0.2) is 9.55 Å². The molecule has 0 N–H and O–H groups in total. The van der Waals surface area contributed by atoms with E-state index in [4.69, 9.17) is 0 Å². The molecular formula is C13H8F2N2OS. The maximum Gasteiger partial charge on any atom is 0.271 e. The summed E-state index contributed by atoms with van der Waals surface area (Å²) in [5.41, 5.74) is 0.495. The number of rotatable bonds is 2. The van der Waals surface area contributed by atoms with Crippen molar-refractivity contribution in [3.63, 3.8) is 0 Å². The highest BCUT2D eigenvalue weighted by Crippen LogP contribution is 2.15. The van der Waals surface area contributed by atoms with E-state index in [1.807, 2.05) is 0 Å². The van der Waals surface area contributed by atoms with Crippen molar-refractivity contribution in [1.29, 1.82) is 0 Å². The summed E-state index contributed by atoms with van der Waals surface area (Å²) in [6.45, 7) is -0.0384. The van der Waals surface area contributed by atoms with Gasteiger partial charge in [0.1, 0.15) is 16.3 Å². The summed E-state index contributed by atoms with van der Waals surface area (Å²) in [6, 6.07) is 4.92. The average Bonchev–Trinajstić information content (AvgIpc) is 2.86. The molecule has 96 valence electrons. The lowest BCUT2D eigenvalue weighted by Crippen LogP contribution is -2.20. The summed E-state index contributed by atoms with van der Waals surface area (Å²) in [7, 11) is 0. The van der Waals surface area contributed by atoms with E-state index in [1.165, 1.54) is 22.2 Å². The summed E-state index contributed by atoms with van der Waals surface area (Å²) in [5.74, 6) is -1.07. The van der Waals surface area contributed by atoms with E-state index < -0.39 is 11.6 Å². The van der Waals surface area contributed by atoms with Gasteiger partial charge in [-0.05, 0) is 29.6 Å². The summed E-state index contributed by atoms with van der Waals surface area (Å²) in [4.78, 5) is 16.2. The van der Waals surface area contributed by atoms with Crippen LogP contribution in [-0.2, 0) is 6.54 Å². The second kappa shape index (κ2) is 4.55. The Morgan fingerprint density at radius 1 is 1.26 bits per heavy atom. The molecule has 0 atom stereocenters. The van der Waals surface area contributed by atoms with E-state index in [2.05, 4.69) is 4.98 Å². The van der Waals surface area contributed by atoms with Gasteiger partial charge in [-0.2, -0.15) is 0 Å². The number of aromatic nitrogens is 2. The Balaban J connectivity index is 2.08. The Morgan fingerprint density at radius 3 is 2.95 bits per heavy atom. The van der Waals surface area contributed by atoms with E-state index >= 15 is 0 Å². The molecule has 19 heavy (non-hydrogen) atoms. The summed E-state index contributed by atoms with van der Waals surface area (Å²) >= 11 is 1.28. The van der Waals surface area contributed by atoms with Gasteiger partial charge in [-0.1, -0.05) is 0 Å². The fourth-order valence-electron chi connectivity index (χ4n) is 1.84. The minimum Gasteiger partial charge on any atom is -0.293 e. The van der Waals surface area contributed by atoms with Gasteiger partial charge in [-0.25, -0.2) is 13.8 Å². The van der Waals surface area contributed by atoms with Crippen LogP contribution in [0.1, 0.15) is 5.56 Å². The van der Waals surface area contributed by atoms with Crippen molar-refractivity contribution in [3.05, 3.63) is 63.5 Å². The third kappa shape index (κ3) is 2.15. The van der Waals surface area contributed by atoms with Crippen LogP contribution in [0.3, 0.4) is 0 Å². The van der Waals surface area contributed by atoms with Crippen LogP contribution in [0.15, 0.2) is 40.8 Å². The molecule has 0 aliphatic carbocycles. The van der Waals surface area contributed by atoms with Crippen molar-refractivity contribution in [2.45, 2.75) is 6.54 Å². The Bertz CT molecular complexity index is 810. The molecule has 6 heteroatoms. The van der Waals surface area contributed by atoms with E-state index in [1.54, 1.807) is 11.4 Å². The first-order valence-corrected chi connectivity index (χ1v) is 6.40. The van der Waals surface area contributed by atoms with Crippen molar-refractivity contribution in [2.75, 3.05) is 0 Å². The minimum atomic E-state index is -0.542. The van der Waals surface area contributed by atoms with E-state index in [0.29, 0.717) is 10.2 Å². The lowest BCUT2D eigenvalue weighted by atomic mass is 10.2. The second-order valence-electron chi connectivity index (χ2n) is 4.05. The molecule has 3 nitrogen and oxygen atoms in total. The molecule has 3 rings (SSSR count). The standard InChI is InChI=1S/C13H8F2N2OS/c14-9-1-2-10(15)8(5-9)6-17-7-16-11-3-4-19-12(11)13(17)18/h1-5,7H,6H2. The van der Waals surface area contributed by atoms with Gasteiger partial charge in [0.25, 0.3) is 5.56 Å². The molecule has 0 fully saturated rings. The smallest absolute Gasteiger partial charge is 0.271 e. The van der Waals surface area contributed by atoms with Crippen molar-refractivity contribution >= 4 is 21.6 Å². The van der Waals surface area contributed by atoms with Gasteiger partial charge in [0.2, 0.25) is 0 Å². The first-order chi connectivity index (χ1) is 9.15. The average molecular weight is 278 g/mol. The van der Waals surface area contributed by atoms with Crippen LogP contribution in [0.5, 0.6) is 0 Å². The Hall–Kier alpha value is -2.08. The number of hydrogen-bond acceptors (Lipinski definition) is 3. The molecule has 0 aliphatic rings. The molecule has 0 unspecified atom stereocenters. The maximum absolute atomic E-state index is 13.5. The molecule has 1 aromatic carbocycles. The van der Waals surface area contributed by atoms with Crippen LogP contribution in [0.2, 0.25) is 0 Å². The summed E-state index contributed by atoms with van der Waals surface area (Å²) in [5, 5.41) is 1.77. The normalized spacial score (nSPS) is 11.1. The third-order valence-electron chi connectivity index (χ3n) is 2.78. The SMILES string of the molecule is O=c1c2sccc2ncn1Cc1cc(F)ccc1F. The zero-order valence-electron chi connectivity index (χ0n) is 9.64. The van der Waals surface area contributed by atoms with Gasteiger partial charge in [-0.15, -0.1) is 11.3 Å². The molecule has 0 radical (unpaired) electrons. The number of hydrogen-bond donors (Lipinski definition) is 0. The Kier molecular flexibility index (Phi) is 2.87. The van der Waals surface area contributed by atoms with E-state index in [-0.39, 0.29) is 17.7 Å². The topological polar surface area (TPSA) is 34.9 Å². The maximum atomic E-state index is 13.5. The summed E-state index contributed by atoms with van der Waals surface area (Å²) in [6.07, 6.45) is 1.35. The van der Waals surface area contributed by atoms with Crippen LogP contribution in [0.4, 0.5) is 8.78 Å². The molecule has 2 aromatic heterocycles. The largest absolute Gasteiger partial charge is 0.293 e. The highest BCUT2D eigenvalue weighted by atomic mass is 32.1. The van der Waals surface area contributed by atoms with Crippen molar-refractivity contribution in [1.82, 2.24) is 9.55 Å². The van der Waals surface area contributed by atoms with Gasteiger partial charge >= 0.3 is 0 Å². The predicted octanol–water partition coefficient (Wildman–Crippen LogP) is 2.78. The van der Waals surface area contributed by atoms with Crippen LogP contribution in [0, 0.1) is 11.6 Å². The molecule has 0 bridgehead atoms. The molecule has 0 saturated heterocycles. The van der Waals surface area contributed by atoms with E-state index in [0.717, 1.165) is 18.2 Å². The molecule has 0 spiro atoms. The fraction of sp³-hybridized carbons (Fsp3) is 0.0769. The number of benzene rings is 1. The van der Waals surface area contributed by atoms with Gasteiger partial charge in [0.05, 0.1) is 18.4 Å². The zero-order chi connectivity index (χ0) is 13.4. The van der Waals surface area contributed by atoms with Crippen molar-refractivity contribution < 1.29 is 8.78 Å². The first kappa shape index (κ1) is 12.0. The molecule has 0 saturated carbocycles. The highest BCUT2D eigenvalue weighted by molar-refractivity contribution is 7.17. The van der Waals surface area contributed by atoms with Gasteiger partial charge in [0.15, 0.2) is 0 Å². The minimum absolute atomic E-state index is 0.0384. The highest BCUT2D eigenvalue weighted by Gasteiger charge is 2.09. The number of halogens is 2. The van der Waals surface area contributed by atoms with Crippen LogP contribution < -0.4 is 5.56 Å². The molecule has 2 heterocycles. The van der Waals surface area contributed by atoms with E-state index in [9.17, 15) is 13.6 Å². The zero-order valence-corrected chi connectivity index (χ0v) is 10.5. The van der Waals surface area contributed by atoms with Crippen LogP contribution >= 0.6 is 11.3 Å². The Morgan fingerprint density at radius 2 is 2.11 bits per heavy atom. The number of thiophene rings is 1. The van der Waals surface area contributed by atoms with Gasteiger partial charge in [0, 0.05) is 5.56 Å². The molecular weight excluding hydrogens is 270 g/mol. The second-order valence-corrected chi connectivity index (χ2v) is 4.96. The fourth-order valence-corrected chi connectivity index (χ4v) is 2.63. The van der Waals surface area contributed by atoms with Crippen molar-refractivity contribution in [2.24, 2.45) is 0 Å². The molecule has 0 aliphatic heterocycles. The lowest BCUT2D eigenvalue weighted by Gasteiger charge is -2.06.